The second-order valence-corrected chi connectivity index (χ2v) is 4.91. The third kappa shape index (κ3) is 6.38. The third-order valence-electron chi connectivity index (χ3n) is 2.57. The molecule has 3 nitrogen and oxygen atoms in total. The van der Waals surface area contributed by atoms with E-state index in [4.69, 9.17) is 10.6 Å². The molecule has 0 fully saturated rings. The van der Waals surface area contributed by atoms with Crippen molar-refractivity contribution in [3.8, 4) is 0 Å². The van der Waals surface area contributed by atoms with Crippen molar-refractivity contribution in [2.75, 3.05) is 13.2 Å². The lowest BCUT2D eigenvalue weighted by Gasteiger charge is -2.16. The zero-order valence-corrected chi connectivity index (χ0v) is 11.8. The van der Waals surface area contributed by atoms with Crippen molar-refractivity contribution in [3.63, 3.8) is 0 Å². The van der Waals surface area contributed by atoms with E-state index in [1.54, 1.807) is 6.07 Å². The highest BCUT2D eigenvalue weighted by atomic mass is 79.9. The highest BCUT2D eigenvalue weighted by Gasteiger charge is 2.11. The number of alkyl halides is 2. The average Bonchev–Trinajstić information content (AvgIpc) is 2.35. The molecular weight excluding hydrogens is 325 g/mol. The number of hydrazine groups is 1. The van der Waals surface area contributed by atoms with Gasteiger partial charge in [-0.2, -0.15) is 0 Å². The van der Waals surface area contributed by atoms with E-state index in [9.17, 15) is 13.2 Å². The van der Waals surface area contributed by atoms with Crippen LogP contribution in [-0.2, 0) is 11.2 Å². The molecule has 0 radical (unpaired) electrons. The molecule has 3 N–H and O–H groups in total. The number of hydrogen-bond donors (Lipinski definition) is 2. The number of halogens is 4. The molecule has 0 aromatic heterocycles. The highest BCUT2D eigenvalue weighted by Crippen LogP contribution is 2.20. The molecule has 1 atom stereocenters. The molecule has 0 saturated heterocycles. The van der Waals surface area contributed by atoms with E-state index in [0.717, 1.165) is 5.56 Å². The maximum atomic E-state index is 12.9. The van der Waals surface area contributed by atoms with Crippen molar-refractivity contribution in [1.82, 2.24) is 5.43 Å². The summed E-state index contributed by atoms with van der Waals surface area (Å²) in [6.45, 7) is -0.379. The lowest BCUT2D eigenvalue weighted by Crippen LogP contribution is -2.37. The second-order valence-electron chi connectivity index (χ2n) is 4.06. The molecule has 7 heteroatoms. The van der Waals surface area contributed by atoms with Crippen LogP contribution in [-0.4, -0.2) is 25.7 Å². The van der Waals surface area contributed by atoms with Crippen molar-refractivity contribution in [3.05, 3.63) is 34.1 Å². The fourth-order valence-corrected chi connectivity index (χ4v) is 2.11. The van der Waals surface area contributed by atoms with Crippen molar-refractivity contribution in [2.24, 2.45) is 5.84 Å². The van der Waals surface area contributed by atoms with E-state index in [1.807, 2.05) is 0 Å². The largest absolute Gasteiger partial charge is 0.375 e. The molecule has 1 aromatic rings. The Hall–Kier alpha value is -0.630. The van der Waals surface area contributed by atoms with Gasteiger partial charge in [-0.05, 0) is 30.5 Å². The predicted octanol–water partition coefficient (Wildman–Crippen LogP) is 2.63. The first-order chi connectivity index (χ1) is 9.02. The summed E-state index contributed by atoms with van der Waals surface area (Å²) < 4.78 is 42.1. The molecule has 1 aromatic carbocycles. The molecule has 0 saturated carbocycles. The molecular formula is C12H16BrF3N2O. The van der Waals surface area contributed by atoms with Crippen molar-refractivity contribution >= 4 is 15.9 Å². The topological polar surface area (TPSA) is 47.3 Å². The van der Waals surface area contributed by atoms with Crippen LogP contribution in [0, 0.1) is 5.82 Å². The molecule has 0 spiro atoms. The first kappa shape index (κ1) is 16.4. The van der Waals surface area contributed by atoms with Crippen LogP contribution in [0.2, 0.25) is 0 Å². The standard InChI is InChI=1S/C12H16BrF3N2O/c13-11-6-9(14)2-1-8(11)5-10(18-17)3-4-19-7-12(15)16/h1-2,6,10,12,18H,3-5,7,17H2. The molecule has 0 aliphatic heterocycles. The van der Waals surface area contributed by atoms with Gasteiger partial charge < -0.3 is 4.74 Å². The van der Waals surface area contributed by atoms with Crippen LogP contribution in [0.3, 0.4) is 0 Å². The number of nitrogens with one attached hydrogen (secondary N) is 1. The van der Waals surface area contributed by atoms with Crippen LogP contribution in [0.4, 0.5) is 13.2 Å². The van der Waals surface area contributed by atoms with E-state index >= 15 is 0 Å². The number of nitrogens with two attached hydrogens (primary N) is 1. The summed E-state index contributed by atoms with van der Waals surface area (Å²) in [5.74, 6) is 5.07. The zero-order chi connectivity index (χ0) is 14.3. The minimum Gasteiger partial charge on any atom is -0.375 e. The Bertz CT molecular complexity index is 393. The van der Waals surface area contributed by atoms with Crippen molar-refractivity contribution in [2.45, 2.75) is 25.3 Å². The predicted molar refractivity (Wildman–Crippen MR) is 70.4 cm³/mol. The minimum atomic E-state index is -2.46. The van der Waals surface area contributed by atoms with Gasteiger partial charge in [0.25, 0.3) is 6.43 Å². The quantitative estimate of drug-likeness (QED) is 0.434. The van der Waals surface area contributed by atoms with Crippen LogP contribution < -0.4 is 11.3 Å². The van der Waals surface area contributed by atoms with Gasteiger partial charge in [-0.1, -0.05) is 22.0 Å². The highest BCUT2D eigenvalue weighted by molar-refractivity contribution is 9.10. The maximum Gasteiger partial charge on any atom is 0.261 e. The normalized spacial score (nSPS) is 12.9. The van der Waals surface area contributed by atoms with Crippen molar-refractivity contribution < 1.29 is 17.9 Å². The number of benzene rings is 1. The summed E-state index contributed by atoms with van der Waals surface area (Å²) in [7, 11) is 0. The van der Waals surface area contributed by atoms with Crippen LogP contribution in [0.5, 0.6) is 0 Å². The third-order valence-corrected chi connectivity index (χ3v) is 3.31. The molecule has 0 bridgehead atoms. The van der Waals surface area contributed by atoms with Gasteiger partial charge in [0.15, 0.2) is 0 Å². The number of ether oxygens (including phenoxy) is 1. The van der Waals surface area contributed by atoms with Crippen LogP contribution in [0.1, 0.15) is 12.0 Å². The summed E-state index contributed by atoms with van der Waals surface area (Å²) in [6.07, 6.45) is -1.42. The second kappa shape index (κ2) is 8.52. The number of hydrogen-bond acceptors (Lipinski definition) is 3. The first-order valence-corrected chi connectivity index (χ1v) is 6.58. The van der Waals surface area contributed by atoms with Gasteiger partial charge in [-0.3, -0.25) is 11.3 Å². The number of rotatable bonds is 8. The maximum absolute atomic E-state index is 12.9. The van der Waals surface area contributed by atoms with Crippen LogP contribution in [0.25, 0.3) is 0 Å². The van der Waals surface area contributed by atoms with Crippen LogP contribution >= 0.6 is 15.9 Å². The van der Waals surface area contributed by atoms with Crippen LogP contribution in [0.15, 0.2) is 22.7 Å². The van der Waals surface area contributed by atoms with Gasteiger partial charge in [0.05, 0.1) is 0 Å². The summed E-state index contributed by atoms with van der Waals surface area (Å²) >= 11 is 3.27. The summed E-state index contributed by atoms with van der Waals surface area (Å²) in [6, 6.07) is 4.26. The molecule has 1 unspecified atom stereocenters. The van der Waals surface area contributed by atoms with Gasteiger partial charge in [0.1, 0.15) is 12.4 Å². The Kier molecular flexibility index (Phi) is 7.37. The SMILES string of the molecule is NNC(CCOCC(F)F)Cc1ccc(F)cc1Br. The Morgan fingerprint density at radius 1 is 1.37 bits per heavy atom. The van der Waals surface area contributed by atoms with E-state index in [-0.39, 0.29) is 18.5 Å². The summed E-state index contributed by atoms with van der Waals surface area (Å²) in [5.41, 5.74) is 3.49. The van der Waals surface area contributed by atoms with Gasteiger partial charge in [0.2, 0.25) is 0 Å². The van der Waals surface area contributed by atoms with Gasteiger partial charge >= 0.3 is 0 Å². The minimum absolute atomic E-state index is 0.126. The zero-order valence-electron chi connectivity index (χ0n) is 10.2. The molecule has 0 amide bonds. The summed E-state index contributed by atoms with van der Waals surface area (Å²) in [5, 5.41) is 0. The monoisotopic (exact) mass is 340 g/mol. The molecule has 1 rings (SSSR count). The summed E-state index contributed by atoms with van der Waals surface area (Å²) in [4.78, 5) is 0. The van der Waals surface area contributed by atoms with E-state index < -0.39 is 13.0 Å². The molecule has 0 heterocycles. The Balaban J connectivity index is 2.43. The van der Waals surface area contributed by atoms with Gasteiger partial charge in [-0.25, -0.2) is 13.2 Å². The first-order valence-electron chi connectivity index (χ1n) is 5.79. The van der Waals surface area contributed by atoms with E-state index in [0.29, 0.717) is 17.3 Å². The molecule has 0 aliphatic carbocycles. The Morgan fingerprint density at radius 3 is 2.68 bits per heavy atom. The fourth-order valence-electron chi connectivity index (χ4n) is 1.60. The molecule has 108 valence electrons. The molecule has 0 aliphatic rings. The van der Waals surface area contributed by atoms with E-state index in [2.05, 4.69) is 21.4 Å². The van der Waals surface area contributed by atoms with Gasteiger partial charge in [0, 0.05) is 17.1 Å². The van der Waals surface area contributed by atoms with Gasteiger partial charge in [-0.15, -0.1) is 0 Å². The van der Waals surface area contributed by atoms with Crippen molar-refractivity contribution in [1.29, 1.82) is 0 Å². The average molecular weight is 341 g/mol. The Morgan fingerprint density at radius 2 is 2.11 bits per heavy atom. The van der Waals surface area contributed by atoms with E-state index in [1.165, 1.54) is 12.1 Å². The lowest BCUT2D eigenvalue weighted by atomic mass is 10.0. The fraction of sp³-hybridized carbons (Fsp3) is 0.500. The Labute approximate surface area is 118 Å². The smallest absolute Gasteiger partial charge is 0.261 e. The molecule has 19 heavy (non-hydrogen) atoms. The lowest BCUT2D eigenvalue weighted by molar-refractivity contribution is 0.0144.